The molecule has 1 aromatic carbocycles. The first-order chi connectivity index (χ1) is 10.5. The molecule has 0 aliphatic rings. The third-order valence-electron chi connectivity index (χ3n) is 3.09. The molecule has 5 nitrogen and oxygen atoms in total. The van der Waals surface area contributed by atoms with Crippen LogP contribution in [0.1, 0.15) is 16.7 Å². The highest BCUT2D eigenvalue weighted by molar-refractivity contribution is 7.88. The van der Waals surface area contributed by atoms with Crippen LogP contribution in [0.4, 0.5) is 0 Å². The molecule has 2 aromatic rings. The van der Waals surface area contributed by atoms with E-state index < -0.39 is 10.0 Å². The van der Waals surface area contributed by atoms with Crippen molar-refractivity contribution in [2.75, 3.05) is 6.54 Å². The Balaban J connectivity index is 1.85. The van der Waals surface area contributed by atoms with Crippen LogP contribution < -0.4 is 4.72 Å². The van der Waals surface area contributed by atoms with Crippen molar-refractivity contribution >= 4 is 21.6 Å². The first-order valence-corrected chi connectivity index (χ1v) is 8.78. The summed E-state index contributed by atoms with van der Waals surface area (Å²) in [6, 6.07) is 10.6. The number of pyridine rings is 1. The molecule has 0 saturated heterocycles. The van der Waals surface area contributed by atoms with E-state index >= 15 is 0 Å². The highest BCUT2D eigenvalue weighted by atomic mass is 35.5. The molecule has 0 radical (unpaired) electrons. The van der Waals surface area contributed by atoms with Crippen molar-refractivity contribution in [1.29, 1.82) is 0 Å². The van der Waals surface area contributed by atoms with E-state index in [1.807, 2.05) is 24.3 Å². The lowest BCUT2D eigenvalue weighted by Gasteiger charge is -2.07. The standard InChI is InChI=1S/C15H17ClN2O3S/c16-15-6-5-14(9-17-15)11-22(20,21)18-8-7-12-1-3-13(10-19)4-2-12/h1-6,9,18-19H,7-8,10-11H2. The topological polar surface area (TPSA) is 79.3 Å². The van der Waals surface area contributed by atoms with Gasteiger partial charge in [0.2, 0.25) is 10.0 Å². The van der Waals surface area contributed by atoms with Crippen molar-refractivity contribution in [3.05, 3.63) is 64.4 Å². The zero-order chi connectivity index (χ0) is 16.0. The quantitative estimate of drug-likeness (QED) is 0.754. The summed E-state index contributed by atoms with van der Waals surface area (Å²) in [5.41, 5.74) is 2.43. The molecular weight excluding hydrogens is 324 g/mol. The number of hydrogen-bond acceptors (Lipinski definition) is 4. The molecule has 0 spiro atoms. The van der Waals surface area contributed by atoms with E-state index in [2.05, 4.69) is 9.71 Å². The van der Waals surface area contributed by atoms with Gasteiger partial charge < -0.3 is 5.11 Å². The summed E-state index contributed by atoms with van der Waals surface area (Å²) in [6.45, 7) is 0.323. The minimum absolute atomic E-state index is 0.00202. The Hall–Kier alpha value is -1.47. The predicted molar refractivity (Wildman–Crippen MR) is 85.9 cm³/mol. The minimum atomic E-state index is -3.40. The first-order valence-electron chi connectivity index (χ1n) is 6.75. The summed E-state index contributed by atoms with van der Waals surface area (Å²) in [6.07, 6.45) is 2.04. The normalized spacial score (nSPS) is 11.5. The molecule has 0 fully saturated rings. The summed E-state index contributed by atoms with van der Waals surface area (Å²) >= 11 is 5.66. The summed E-state index contributed by atoms with van der Waals surface area (Å²) in [4.78, 5) is 3.86. The van der Waals surface area contributed by atoms with Gasteiger partial charge in [-0.3, -0.25) is 0 Å². The van der Waals surface area contributed by atoms with Crippen LogP contribution in [0.15, 0.2) is 42.6 Å². The number of sulfonamides is 1. The lowest BCUT2D eigenvalue weighted by Crippen LogP contribution is -2.27. The zero-order valence-electron chi connectivity index (χ0n) is 11.9. The molecule has 0 aliphatic carbocycles. The maximum Gasteiger partial charge on any atom is 0.215 e. The number of aliphatic hydroxyl groups is 1. The van der Waals surface area contributed by atoms with E-state index in [0.717, 1.165) is 11.1 Å². The van der Waals surface area contributed by atoms with Crippen LogP contribution in [-0.4, -0.2) is 25.1 Å². The van der Waals surface area contributed by atoms with Gasteiger partial charge in [0.15, 0.2) is 0 Å². The van der Waals surface area contributed by atoms with Crippen LogP contribution in [0.3, 0.4) is 0 Å². The maximum absolute atomic E-state index is 12.0. The van der Waals surface area contributed by atoms with Crippen LogP contribution in [-0.2, 0) is 28.8 Å². The fraction of sp³-hybridized carbons (Fsp3) is 0.267. The molecule has 0 saturated carbocycles. The highest BCUT2D eigenvalue weighted by Crippen LogP contribution is 2.09. The van der Waals surface area contributed by atoms with E-state index in [1.165, 1.54) is 6.20 Å². The van der Waals surface area contributed by atoms with Crippen LogP contribution in [0, 0.1) is 0 Å². The van der Waals surface area contributed by atoms with Crippen molar-refractivity contribution in [2.45, 2.75) is 18.8 Å². The molecule has 0 bridgehead atoms. The third-order valence-corrected chi connectivity index (χ3v) is 4.67. The van der Waals surface area contributed by atoms with E-state index in [0.29, 0.717) is 23.7 Å². The summed E-state index contributed by atoms with van der Waals surface area (Å²) in [5, 5.41) is 9.30. The van der Waals surface area contributed by atoms with Gasteiger partial charge in [0.05, 0.1) is 12.4 Å². The second-order valence-corrected chi connectivity index (χ2v) is 7.06. The molecular formula is C15H17ClN2O3S. The van der Waals surface area contributed by atoms with Crippen LogP contribution in [0.5, 0.6) is 0 Å². The minimum Gasteiger partial charge on any atom is -0.392 e. The third kappa shape index (κ3) is 5.38. The van der Waals surface area contributed by atoms with Crippen molar-refractivity contribution in [3.8, 4) is 0 Å². The molecule has 118 valence electrons. The number of halogens is 1. The highest BCUT2D eigenvalue weighted by Gasteiger charge is 2.11. The smallest absolute Gasteiger partial charge is 0.215 e. The van der Waals surface area contributed by atoms with E-state index in [9.17, 15) is 8.42 Å². The van der Waals surface area contributed by atoms with Gasteiger partial charge in [0.25, 0.3) is 0 Å². The van der Waals surface area contributed by atoms with E-state index in [1.54, 1.807) is 12.1 Å². The largest absolute Gasteiger partial charge is 0.392 e. The Morgan fingerprint density at radius 1 is 1.05 bits per heavy atom. The molecule has 22 heavy (non-hydrogen) atoms. The summed E-state index contributed by atoms with van der Waals surface area (Å²) < 4.78 is 26.5. The van der Waals surface area contributed by atoms with Gasteiger partial charge in [-0.05, 0) is 29.2 Å². The molecule has 7 heteroatoms. The van der Waals surface area contributed by atoms with E-state index in [4.69, 9.17) is 16.7 Å². The monoisotopic (exact) mass is 340 g/mol. The number of nitrogens with zero attached hydrogens (tertiary/aromatic N) is 1. The SMILES string of the molecule is O=S(=O)(Cc1ccc(Cl)nc1)NCCc1ccc(CO)cc1. The Kier molecular flexibility index (Phi) is 5.90. The predicted octanol–water partition coefficient (Wildman–Crippen LogP) is 1.89. The molecule has 0 aliphatic heterocycles. The molecule has 2 N–H and O–H groups in total. The van der Waals surface area contributed by atoms with Gasteiger partial charge >= 0.3 is 0 Å². The lowest BCUT2D eigenvalue weighted by molar-refractivity contribution is 0.282. The maximum atomic E-state index is 12.0. The fourth-order valence-electron chi connectivity index (χ4n) is 1.92. The van der Waals surface area contributed by atoms with Crippen LogP contribution in [0.25, 0.3) is 0 Å². The Morgan fingerprint density at radius 2 is 1.68 bits per heavy atom. The Morgan fingerprint density at radius 3 is 2.27 bits per heavy atom. The van der Waals surface area contributed by atoms with Crippen molar-refractivity contribution in [2.24, 2.45) is 0 Å². The summed E-state index contributed by atoms with van der Waals surface area (Å²) in [5.74, 6) is -0.124. The second kappa shape index (κ2) is 7.69. The first kappa shape index (κ1) is 16.9. The summed E-state index contributed by atoms with van der Waals surface area (Å²) in [7, 11) is -3.40. The van der Waals surface area contributed by atoms with Crippen LogP contribution >= 0.6 is 11.6 Å². The number of benzene rings is 1. The average molecular weight is 341 g/mol. The molecule has 0 amide bonds. The average Bonchev–Trinajstić information content (AvgIpc) is 2.50. The van der Waals surface area contributed by atoms with Gasteiger partial charge in [-0.15, -0.1) is 0 Å². The van der Waals surface area contributed by atoms with Gasteiger partial charge in [0.1, 0.15) is 5.15 Å². The second-order valence-electron chi connectivity index (χ2n) is 4.87. The fourth-order valence-corrected chi connectivity index (χ4v) is 3.16. The lowest BCUT2D eigenvalue weighted by atomic mass is 10.1. The van der Waals surface area contributed by atoms with E-state index in [-0.39, 0.29) is 12.4 Å². The van der Waals surface area contributed by atoms with Gasteiger partial charge in [-0.2, -0.15) is 0 Å². The number of nitrogens with one attached hydrogen (secondary N) is 1. The Labute approximate surface area is 135 Å². The van der Waals surface area contributed by atoms with Gasteiger partial charge in [0, 0.05) is 12.7 Å². The number of aromatic nitrogens is 1. The van der Waals surface area contributed by atoms with Crippen LogP contribution in [0.2, 0.25) is 5.15 Å². The van der Waals surface area contributed by atoms with Gasteiger partial charge in [-0.1, -0.05) is 41.9 Å². The Bertz CT molecular complexity index is 701. The molecule has 1 heterocycles. The van der Waals surface area contributed by atoms with Crippen molar-refractivity contribution in [1.82, 2.24) is 9.71 Å². The van der Waals surface area contributed by atoms with Crippen molar-refractivity contribution in [3.63, 3.8) is 0 Å². The van der Waals surface area contributed by atoms with Gasteiger partial charge in [-0.25, -0.2) is 18.1 Å². The number of aliphatic hydroxyl groups excluding tert-OH is 1. The zero-order valence-corrected chi connectivity index (χ0v) is 13.4. The molecule has 1 aromatic heterocycles. The molecule has 2 rings (SSSR count). The number of rotatable bonds is 7. The molecule has 0 atom stereocenters. The number of hydrogen-bond donors (Lipinski definition) is 2. The molecule has 0 unspecified atom stereocenters. The van der Waals surface area contributed by atoms with Crippen molar-refractivity contribution < 1.29 is 13.5 Å².